The zero-order valence-electron chi connectivity index (χ0n) is 14.6. The van der Waals surface area contributed by atoms with Crippen molar-refractivity contribution in [2.45, 2.75) is 6.42 Å². The Morgan fingerprint density at radius 1 is 0.815 bits per heavy atom. The Hall–Kier alpha value is -3.53. The van der Waals surface area contributed by atoms with Crippen molar-refractivity contribution in [2.24, 2.45) is 0 Å². The molecule has 0 saturated carbocycles. The lowest BCUT2D eigenvalue weighted by atomic mass is 9.90. The molecule has 4 heteroatoms. The minimum absolute atomic E-state index is 0.194. The molecule has 0 aromatic heterocycles. The molecule has 1 N–H and O–H groups in total. The predicted molar refractivity (Wildman–Crippen MR) is 103 cm³/mol. The van der Waals surface area contributed by atoms with Gasteiger partial charge in [-0.2, -0.15) is 0 Å². The third-order valence-electron chi connectivity index (χ3n) is 4.50. The number of hydrogen-bond acceptors (Lipinski definition) is 3. The van der Waals surface area contributed by atoms with Crippen LogP contribution in [0.1, 0.15) is 16.7 Å². The van der Waals surface area contributed by atoms with Crippen molar-refractivity contribution in [2.75, 3.05) is 6.79 Å². The fraction of sp³-hybridized carbons (Fsp3) is 0.0870. The maximum atomic E-state index is 12.2. The van der Waals surface area contributed by atoms with Crippen LogP contribution in [0.3, 0.4) is 0 Å². The zero-order valence-corrected chi connectivity index (χ0v) is 14.6. The van der Waals surface area contributed by atoms with Crippen molar-refractivity contribution in [3.8, 4) is 11.5 Å². The Kier molecular flexibility index (Phi) is 4.62. The van der Waals surface area contributed by atoms with E-state index >= 15 is 0 Å². The Labute approximate surface area is 157 Å². The molecule has 0 bridgehead atoms. The van der Waals surface area contributed by atoms with Gasteiger partial charge in [0.15, 0.2) is 11.5 Å². The number of carboxylic acids is 1. The van der Waals surface area contributed by atoms with Gasteiger partial charge >= 0.3 is 5.97 Å². The summed E-state index contributed by atoms with van der Waals surface area (Å²) in [7, 11) is 0. The van der Waals surface area contributed by atoms with Gasteiger partial charge in [0.05, 0.1) is 0 Å². The Morgan fingerprint density at radius 2 is 1.41 bits per heavy atom. The highest BCUT2D eigenvalue weighted by Crippen LogP contribution is 2.34. The first-order valence-electron chi connectivity index (χ1n) is 8.68. The molecule has 1 aliphatic heterocycles. The predicted octanol–water partition coefficient (Wildman–Crippen LogP) is 4.54. The third kappa shape index (κ3) is 3.55. The number of benzene rings is 3. The number of hydrogen-bond donors (Lipinski definition) is 1. The van der Waals surface area contributed by atoms with Gasteiger partial charge in [-0.1, -0.05) is 66.7 Å². The van der Waals surface area contributed by atoms with E-state index in [1.807, 2.05) is 78.9 Å². The van der Waals surface area contributed by atoms with Crippen LogP contribution in [0.5, 0.6) is 11.5 Å². The van der Waals surface area contributed by atoms with Gasteiger partial charge in [-0.25, -0.2) is 4.79 Å². The summed E-state index contributed by atoms with van der Waals surface area (Å²) in [6.07, 6.45) is 0.283. The highest BCUT2D eigenvalue weighted by Gasteiger charge is 2.20. The summed E-state index contributed by atoms with van der Waals surface area (Å²) in [4.78, 5) is 12.2. The van der Waals surface area contributed by atoms with Gasteiger partial charge in [0.1, 0.15) is 0 Å². The van der Waals surface area contributed by atoms with E-state index in [0.29, 0.717) is 17.1 Å². The van der Waals surface area contributed by atoms with Crippen LogP contribution < -0.4 is 9.47 Å². The molecule has 0 amide bonds. The smallest absolute Gasteiger partial charge is 0.332 e. The molecule has 0 spiro atoms. The normalized spacial score (nSPS) is 11.9. The van der Waals surface area contributed by atoms with Gasteiger partial charge in [-0.3, -0.25) is 0 Å². The molecule has 4 nitrogen and oxygen atoms in total. The van der Waals surface area contributed by atoms with Gasteiger partial charge in [0.2, 0.25) is 6.79 Å². The molecule has 27 heavy (non-hydrogen) atoms. The molecular formula is C23H18O4. The van der Waals surface area contributed by atoms with E-state index in [1.54, 1.807) is 0 Å². The maximum absolute atomic E-state index is 12.2. The molecule has 0 unspecified atom stereocenters. The number of carboxylic acid groups (broad SMARTS) is 1. The molecule has 0 aliphatic carbocycles. The minimum Gasteiger partial charge on any atom is -0.478 e. The van der Waals surface area contributed by atoms with Crippen molar-refractivity contribution in [1.82, 2.24) is 0 Å². The Bertz CT molecular complexity index is 950. The van der Waals surface area contributed by atoms with Crippen LogP contribution in [-0.2, 0) is 11.2 Å². The lowest BCUT2D eigenvalue weighted by Gasteiger charge is -2.14. The second-order valence-electron chi connectivity index (χ2n) is 6.26. The molecule has 0 saturated heterocycles. The number of aliphatic carboxylic acids is 1. The molecule has 0 fully saturated rings. The lowest BCUT2D eigenvalue weighted by Crippen LogP contribution is -2.08. The van der Waals surface area contributed by atoms with Gasteiger partial charge in [-0.15, -0.1) is 0 Å². The highest BCUT2D eigenvalue weighted by atomic mass is 16.7. The standard InChI is InChI=1S/C23H18O4/c24-23(25)19(13-16-11-12-20-21(14-16)27-15-26-20)22(17-7-3-1-4-8-17)18-9-5-2-6-10-18/h1-12,14H,13,15H2,(H,24,25). The number of carbonyl (C=O) groups is 1. The molecule has 0 radical (unpaired) electrons. The van der Waals surface area contributed by atoms with Gasteiger partial charge in [0, 0.05) is 12.0 Å². The summed E-state index contributed by atoms with van der Waals surface area (Å²) < 4.78 is 10.8. The van der Waals surface area contributed by atoms with E-state index in [2.05, 4.69) is 0 Å². The molecule has 3 aromatic carbocycles. The summed E-state index contributed by atoms with van der Waals surface area (Å²) >= 11 is 0. The van der Waals surface area contributed by atoms with Gasteiger partial charge in [0.25, 0.3) is 0 Å². The summed E-state index contributed by atoms with van der Waals surface area (Å²) in [5.41, 5.74) is 3.68. The molecule has 0 atom stereocenters. The summed E-state index contributed by atoms with van der Waals surface area (Å²) in [5.74, 6) is 0.402. The first kappa shape index (κ1) is 16.9. The number of rotatable bonds is 5. The first-order chi connectivity index (χ1) is 13.2. The topological polar surface area (TPSA) is 55.8 Å². The molecule has 134 valence electrons. The van der Waals surface area contributed by atoms with Gasteiger partial charge in [-0.05, 0) is 34.4 Å². The first-order valence-corrected chi connectivity index (χ1v) is 8.68. The van der Waals surface area contributed by atoms with Crippen LogP contribution >= 0.6 is 0 Å². The van der Waals surface area contributed by atoms with E-state index < -0.39 is 5.97 Å². The quantitative estimate of drug-likeness (QED) is 0.680. The van der Waals surface area contributed by atoms with Crippen LogP contribution in [0.2, 0.25) is 0 Å². The monoisotopic (exact) mass is 358 g/mol. The number of fused-ring (bicyclic) bond motifs is 1. The molecular weight excluding hydrogens is 340 g/mol. The fourth-order valence-electron chi connectivity index (χ4n) is 3.25. The van der Waals surface area contributed by atoms with E-state index in [1.165, 1.54) is 0 Å². The van der Waals surface area contributed by atoms with Crippen molar-refractivity contribution in [3.05, 3.63) is 101 Å². The summed E-state index contributed by atoms with van der Waals surface area (Å²) in [5, 5.41) is 10.0. The minimum atomic E-state index is -0.935. The van der Waals surface area contributed by atoms with Crippen LogP contribution in [0.4, 0.5) is 0 Å². The van der Waals surface area contributed by atoms with E-state index in [0.717, 1.165) is 22.3 Å². The summed E-state index contributed by atoms with van der Waals surface area (Å²) in [6.45, 7) is 0.194. The highest BCUT2D eigenvalue weighted by molar-refractivity contribution is 6.01. The van der Waals surface area contributed by atoms with E-state index in [4.69, 9.17) is 9.47 Å². The number of ether oxygens (including phenoxy) is 2. The third-order valence-corrected chi connectivity index (χ3v) is 4.50. The zero-order chi connectivity index (χ0) is 18.6. The van der Waals surface area contributed by atoms with Crippen molar-refractivity contribution in [3.63, 3.8) is 0 Å². The SMILES string of the molecule is O=C(O)C(Cc1ccc2c(c1)OCO2)=C(c1ccccc1)c1ccccc1. The lowest BCUT2D eigenvalue weighted by molar-refractivity contribution is -0.132. The molecule has 1 aliphatic rings. The van der Waals surface area contributed by atoms with E-state index in [9.17, 15) is 9.90 Å². The molecule has 4 rings (SSSR count). The van der Waals surface area contributed by atoms with E-state index in [-0.39, 0.29) is 13.2 Å². The van der Waals surface area contributed by atoms with Crippen LogP contribution in [-0.4, -0.2) is 17.9 Å². The van der Waals surface area contributed by atoms with Gasteiger partial charge < -0.3 is 14.6 Å². The largest absolute Gasteiger partial charge is 0.478 e. The molecule has 1 heterocycles. The fourth-order valence-corrected chi connectivity index (χ4v) is 3.25. The van der Waals surface area contributed by atoms with Crippen LogP contribution in [0.15, 0.2) is 84.4 Å². The van der Waals surface area contributed by atoms with Crippen molar-refractivity contribution >= 4 is 11.5 Å². The van der Waals surface area contributed by atoms with Crippen LogP contribution in [0, 0.1) is 0 Å². The maximum Gasteiger partial charge on any atom is 0.332 e. The van der Waals surface area contributed by atoms with Crippen LogP contribution in [0.25, 0.3) is 5.57 Å². The Balaban J connectivity index is 1.84. The molecule has 3 aromatic rings. The van der Waals surface area contributed by atoms with Crippen molar-refractivity contribution in [1.29, 1.82) is 0 Å². The Morgan fingerprint density at radius 3 is 2.00 bits per heavy atom. The van der Waals surface area contributed by atoms with Crippen molar-refractivity contribution < 1.29 is 19.4 Å². The summed E-state index contributed by atoms with van der Waals surface area (Å²) in [6, 6.07) is 24.8. The average Bonchev–Trinajstić information content (AvgIpc) is 3.17. The second kappa shape index (κ2) is 7.38. The second-order valence-corrected chi connectivity index (χ2v) is 6.26. The average molecular weight is 358 g/mol.